The Morgan fingerprint density at radius 3 is 1.15 bits per heavy atom. The number of hydrogen-bond donors (Lipinski definition) is 6. The van der Waals surface area contributed by atoms with Crippen LogP contribution < -0.4 is 10.6 Å². The van der Waals surface area contributed by atoms with Crippen molar-refractivity contribution in [3.63, 3.8) is 0 Å². The first-order chi connectivity index (χ1) is 15.9. The molecule has 4 aromatic rings. The molecule has 0 unspecified atom stereocenters. The molecule has 0 spiro atoms. The molecule has 0 fully saturated rings. The van der Waals surface area contributed by atoms with E-state index in [0.29, 0.717) is 0 Å². The second-order valence-corrected chi connectivity index (χ2v) is 14.9. The van der Waals surface area contributed by atoms with Gasteiger partial charge in [0, 0.05) is 0 Å². The van der Waals surface area contributed by atoms with E-state index in [0.717, 1.165) is 0 Å². The summed E-state index contributed by atoms with van der Waals surface area (Å²) in [7, 11) is -11.9. The molecule has 0 aliphatic heterocycles. The summed E-state index contributed by atoms with van der Waals surface area (Å²) in [6.07, 6.45) is -0.965. The van der Waals surface area contributed by atoms with Crippen LogP contribution in [0.5, 0.6) is 0 Å². The van der Waals surface area contributed by atoms with Gasteiger partial charge in [-0.25, -0.2) is 0 Å². The monoisotopic (exact) mass is 498 g/mol. The maximum absolute atomic E-state index is 12.0. The van der Waals surface area contributed by atoms with Crippen LogP contribution in [-0.2, 0) is 5.16 Å². The van der Waals surface area contributed by atoms with Crippen LogP contribution in [0.1, 0.15) is 11.1 Å². The molecule has 6 N–H and O–H groups in total. The standard InChI is InChI=1S/C26H28O6P2/c27-33(28,29,24-17-9-3-10-18-24)21-26(22-13-5-1-6-14-22,23-15-7-2-8-16-23)34(30,31,32)25-19-11-4-12-20-25/h1-20,27-32H,21H2. The second-order valence-electron chi connectivity index (χ2n) is 8.55. The summed E-state index contributed by atoms with van der Waals surface area (Å²) in [4.78, 5) is 70.5. The molecule has 0 saturated heterocycles. The molecule has 0 saturated carbocycles. The summed E-state index contributed by atoms with van der Waals surface area (Å²) in [6, 6.07) is 31.3. The van der Waals surface area contributed by atoms with Gasteiger partial charge in [0.05, 0.1) is 0 Å². The molecule has 0 radical (unpaired) electrons. The van der Waals surface area contributed by atoms with E-state index in [4.69, 9.17) is 0 Å². The van der Waals surface area contributed by atoms with Gasteiger partial charge in [-0.15, -0.1) is 0 Å². The summed E-state index contributed by atoms with van der Waals surface area (Å²) in [5.74, 6) is 0. The van der Waals surface area contributed by atoms with E-state index in [9.17, 15) is 29.4 Å². The van der Waals surface area contributed by atoms with Gasteiger partial charge in [0.2, 0.25) is 0 Å². The predicted octanol–water partition coefficient (Wildman–Crippen LogP) is 3.13. The van der Waals surface area contributed by atoms with Crippen LogP contribution >= 0.6 is 14.6 Å². The molecule has 0 atom stereocenters. The zero-order valence-electron chi connectivity index (χ0n) is 18.3. The van der Waals surface area contributed by atoms with Crippen molar-refractivity contribution in [2.45, 2.75) is 5.16 Å². The summed E-state index contributed by atoms with van der Waals surface area (Å²) in [6.45, 7) is 0. The van der Waals surface area contributed by atoms with Crippen LogP contribution in [0.15, 0.2) is 121 Å². The van der Waals surface area contributed by atoms with E-state index >= 15 is 0 Å². The number of rotatable bonds is 7. The Bertz CT molecular complexity index is 1210. The summed E-state index contributed by atoms with van der Waals surface area (Å²) in [5, 5.41) is -2.56. The molecule has 34 heavy (non-hydrogen) atoms. The zero-order valence-corrected chi connectivity index (χ0v) is 20.1. The van der Waals surface area contributed by atoms with Crippen LogP contribution in [0, 0.1) is 0 Å². The van der Waals surface area contributed by atoms with Crippen molar-refractivity contribution in [1.29, 1.82) is 0 Å². The van der Waals surface area contributed by atoms with Crippen molar-refractivity contribution >= 4 is 25.2 Å². The molecule has 0 aromatic heterocycles. The van der Waals surface area contributed by atoms with Crippen LogP contribution in [0.4, 0.5) is 0 Å². The van der Waals surface area contributed by atoms with Gasteiger partial charge in [-0.05, 0) is 0 Å². The Balaban J connectivity index is 2.14. The third-order valence-corrected chi connectivity index (χ3v) is 12.2. The van der Waals surface area contributed by atoms with E-state index in [-0.39, 0.29) is 21.7 Å². The third-order valence-electron chi connectivity index (χ3n) is 6.24. The van der Waals surface area contributed by atoms with Gasteiger partial charge >= 0.3 is 198 Å². The Morgan fingerprint density at radius 2 is 0.765 bits per heavy atom. The maximum atomic E-state index is 12.0. The van der Waals surface area contributed by atoms with Crippen LogP contribution in [0.25, 0.3) is 0 Å². The van der Waals surface area contributed by atoms with Crippen molar-refractivity contribution < 1.29 is 29.4 Å². The summed E-state index contributed by atoms with van der Waals surface area (Å²) >= 11 is 0. The minimum atomic E-state index is -6.09. The predicted molar refractivity (Wildman–Crippen MR) is 138 cm³/mol. The third kappa shape index (κ3) is 4.09. The normalized spacial score (nSPS) is 15.0. The molecular formula is C26H28O6P2. The molecule has 0 aliphatic rings. The van der Waals surface area contributed by atoms with Crippen molar-refractivity contribution in [2.24, 2.45) is 0 Å². The molecule has 0 bridgehead atoms. The summed E-state index contributed by atoms with van der Waals surface area (Å²) < 4.78 is 0. The van der Waals surface area contributed by atoms with E-state index in [1.807, 2.05) is 0 Å². The molecule has 178 valence electrons. The SMILES string of the molecule is OP(O)(O)(CC(c1ccccc1)(c1ccccc1)P(O)(O)(O)c1ccccc1)c1ccccc1. The van der Waals surface area contributed by atoms with E-state index in [1.54, 1.807) is 97.1 Å². The van der Waals surface area contributed by atoms with Crippen LogP contribution in [-0.4, -0.2) is 35.5 Å². The van der Waals surface area contributed by atoms with Crippen molar-refractivity contribution in [3.05, 3.63) is 132 Å². The molecule has 0 aliphatic carbocycles. The molecule has 8 heteroatoms. The molecule has 6 nitrogen and oxygen atoms in total. The fraction of sp³-hybridized carbons (Fsp3) is 0.0769. The van der Waals surface area contributed by atoms with Crippen molar-refractivity contribution in [1.82, 2.24) is 0 Å². The Labute approximate surface area is 198 Å². The number of benzene rings is 4. The van der Waals surface area contributed by atoms with Gasteiger partial charge < -0.3 is 0 Å². The fourth-order valence-corrected chi connectivity index (χ4v) is 11.0. The van der Waals surface area contributed by atoms with Gasteiger partial charge in [0.1, 0.15) is 0 Å². The number of hydrogen-bond acceptors (Lipinski definition) is 6. The van der Waals surface area contributed by atoms with Crippen LogP contribution in [0.2, 0.25) is 0 Å². The van der Waals surface area contributed by atoms with Gasteiger partial charge in [0.15, 0.2) is 0 Å². The minimum absolute atomic E-state index is 0.162. The molecule has 0 amide bonds. The second kappa shape index (κ2) is 8.31. The first kappa shape index (κ1) is 24.6. The van der Waals surface area contributed by atoms with Crippen molar-refractivity contribution in [2.75, 3.05) is 6.16 Å². The van der Waals surface area contributed by atoms with Crippen molar-refractivity contribution in [3.8, 4) is 0 Å². The molecule has 4 aromatic carbocycles. The average molecular weight is 498 g/mol. The topological polar surface area (TPSA) is 121 Å². The van der Waals surface area contributed by atoms with Gasteiger partial charge in [-0.1, -0.05) is 0 Å². The summed E-state index contributed by atoms with van der Waals surface area (Å²) in [5.41, 5.74) is 0.412. The van der Waals surface area contributed by atoms with Gasteiger partial charge in [-0.3, -0.25) is 0 Å². The molecule has 4 rings (SSSR count). The quantitative estimate of drug-likeness (QED) is 0.218. The van der Waals surface area contributed by atoms with E-state index in [1.165, 1.54) is 24.3 Å². The Kier molecular flexibility index (Phi) is 6.02. The Morgan fingerprint density at radius 1 is 0.441 bits per heavy atom. The zero-order chi connectivity index (χ0) is 24.6. The molecule has 0 heterocycles. The Hall–Kier alpha value is -2.50. The fourth-order valence-electron chi connectivity index (χ4n) is 4.55. The van der Waals surface area contributed by atoms with Gasteiger partial charge in [0.25, 0.3) is 0 Å². The van der Waals surface area contributed by atoms with E-state index in [2.05, 4.69) is 0 Å². The van der Waals surface area contributed by atoms with Crippen LogP contribution in [0.3, 0.4) is 0 Å². The van der Waals surface area contributed by atoms with E-state index < -0.39 is 25.9 Å². The first-order valence-corrected chi connectivity index (χ1v) is 15.1. The van der Waals surface area contributed by atoms with Gasteiger partial charge in [-0.2, -0.15) is 0 Å². The average Bonchev–Trinajstić information content (AvgIpc) is 2.84. The first-order valence-electron chi connectivity index (χ1n) is 10.7. The molecular weight excluding hydrogens is 470 g/mol.